The predicted molar refractivity (Wildman–Crippen MR) is 84.7 cm³/mol. The average molecular weight is 305 g/mol. The van der Waals surface area contributed by atoms with Crippen LogP contribution >= 0.6 is 11.8 Å². The van der Waals surface area contributed by atoms with Crippen LogP contribution in [0, 0.1) is 0 Å². The first-order valence-corrected chi connectivity index (χ1v) is 8.31. The summed E-state index contributed by atoms with van der Waals surface area (Å²) >= 11 is 1.90. The Labute approximate surface area is 128 Å². The van der Waals surface area contributed by atoms with Crippen molar-refractivity contribution >= 4 is 28.6 Å². The summed E-state index contributed by atoms with van der Waals surface area (Å²) in [7, 11) is 1.89. The summed E-state index contributed by atoms with van der Waals surface area (Å²) < 4.78 is 7.52. The van der Waals surface area contributed by atoms with Crippen LogP contribution in [0.15, 0.2) is 24.3 Å². The maximum absolute atomic E-state index is 12.1. The van der Waals surface area contributed by atoms with Crippen LogP contribution < -0.4 is 4.74 Å². The van der Waals surface area contributed by atoms with Crippen LogP contribution in [0.5, 0.6) is 5.88 Å². The second-order valence-corrected chi connectivity index (χ2v) is 6.26. The standard InChI is InChI=1S/C15H19N3O2S/c1-17-13-5-3-2-4-12(13)15(16-17)20-9-6-14(19)18-7-10-21-11-8-18/h2-5H,6-11H2,1H3. The zero-order chi connectivity index (χ0) is 14.7. The molecule has 1 aromatic heterocycles. The molecule has 0 radical (unpaired) electrons. The summed E-state index contributed by atoms with van der Waals surface area (Å²) in [6.45, 7) is 2.09. The minimum atomic E-state index is 0.176. The number of nitrogens with zero attached hydrogens (tertiary/aromatic N) is 3. The van der Waals surface area contributed by atoms with Gasteiger partial charge in [0.1, 0.15) is 0 Å². The lowest BCUT2D eigenvalue weighted by Crippen LogP contribution is -2.38. The number of carbonyl (C=O) groups is 1. The lowest BCUT2D eigenvalue weighted by Gasteiger charge is -2.26. The number of rotatable bonds is 4. The fourth-order valence-electron chi connectivity index (χ4n) is 2.49. The van der Waals surface area contributed by atoms with E-state index >= 15 is 0 Å². The van der Waals surface area contributed by atoms with Gasteiger partial charge in [-0.1, -0.05) is 12.1 Å². The van der Waals surface area contributed by atoms with Crippen LogP contribution in [0.4, 0.5) is 0 Å². The van der Waals surface area contributed by atoms with E-state index in [1.165, 1.54) is 0 Å². The molecule has 6 heteroatoms. The van der Waals surface area contributed by atoms with Gasteiger partial charge in [-0.05, 0) is 12.1 Å². The van der Waals surface area contributed by atoms with Gasteiger partial charge in [-0.25, -0.2) is 0 Å². The maximum Gasteiger partial charge on any atom is 0.240 e. The molecule has 0 saturated carbocycles. The van der Waals surface area contributed by atoms with Crippen LogP contribution in [-0.2, 0) is 11.8 Å². The molecule has 1 saturated heterocycles. The van der Waals surface area contributed by atoms with Gasteiger partial charge in [0, 0.05) is 31.6 Å². The molecule has 0 bridgehead atoms. The van der Waals surface area contributed by atoms with Crippen LogP contribution in [0.1, 0.15) is 6.42 Å². The van der Waals surface area contributed by atoms with E-state index in [4.69, 9.17) is 4.74 Å². The van der Waals surface area contributed by atoms with E-state index in [-0.39, 0.29) is 5.91 Å². The molecule has 0 unspecified atom stereocenters. The Hall–Kier alpha value is -1.69. The predicted octanol–water partition coefficient (Wildman–Crippen LogP) is 1.92. The number of fused-ring (bicyclic) bond motifs is 1. The minimum Gasteiger partial charge on any atom is -0.476 e. The fraction of sp³-hybridized carbons (Fsp3) is 0.467. The molecule has 0 spiro atoms. The molecule has 1 aliphatic rings. The molecule has 1 amide bonds. The number of hydrogen-bond donors (Lipinski definition) is 0. The normalized spacial score (nSPS) is 15.4. The Morgan fingerprint density at radius 1 is 1.33 bits per heavy atom. The Kier molecular flexibility index (Phi) is 4.34. The number of para-hydroxylation sites is 1. The molecule has 1 fully saturated rings. The van der Waals surface area contributed by atoms with E-state index in [0.717, 1.165) is 35.5 Å². The topological polar surface area (TPSA) is 47.4 Å². The number of carbonyl (C=O) groups excluding carboxylic acids is 1. The highest BCUT2D eigenvalue weighted by Gasteiger charge is 2.17. The molecule has 3 rings (SSSR count). The van der Waals surface area contributed by atoms with Crippen molar-refractivity contribution in [2.75, 3.05) is 31.2 Å². The summed E-state index contributed by atoms with van der Waals surface area (Å²) in [6, 6.07) is 7.94. The summed E-state index contributed by atoms with van der Waals surface area (Å²) in [6.07, 6.45) is 0.412. The van der Waals surface area contributed by atoms with E-state index in [9.17, 15) is 4.79 Å². The largest absolute Gasteiger partial charge is 0.476 e. The van der Waals surface area contributed by atoms with E-state index in [1.807, 2.05) is 48.0 Å². The summed E-state index contributed by atoms with van der Waals surface area (Å²) in [4.78, 5) is 14.0. The van der Waals surface area contributed by atoms with Gasteiger partial charge in [-0.2, -0.15) is 11.8 Å². The van der Waals surface area contributed by atoms with Crippen molar-refractivity contribution in [1.29, 1.82) is 0 Å². The fourth-order valence-corrected chi connectivity index (χ4v) is 3.40. The molecule has 21 heavy (non-hydrogen) atoms. The zero-order valence-corrected chi connectivity index (χ0v) is 12.9. The van der Waals surface area contributed by atoms with Gasteiger partial charge < -0.3 is 9.64 Å². The van der Waals surface area contributed by atoms with E-state index in [1.54, 1.807) is 4.68 Å². The van der Waals surface area contributed by atoms with Crippen molar-refractivity contribution in [2.24, 2.45) is 7.05 Å². The van der Waals surface area contributed by atoms with E-state index in [2.05, 4.69) is 5.10 Å². The molecule has 0 atom stereocenters. The second-order valence-electron chi connectivity index (χ2n) is 5.04. The summed E-state index contributed by atoms with van der Waals surface area (Å²) in [5.74, 6) is 2.86. The number of amides is 1. The highest BCUT2D eigenvalue weighted by Crippen LogP contribution is 2.23. The van der Waals surface area contributed by atoms with Crippen molar-refractivity contribution in [3.05, 3.63) is 24.3 Å². The Bertz CT molecular complexity index is 635. The summed E-state index contributed by atoms with van der Waals surface area (Å²) in [5.41, 5.74) is 1.03. The number of thioether (sulfide) groups is 1. The van der Waals surface area contributed by atoms with Gasteiger partial charge in [0.15, 0.2) is 0 Å². The maximum atomic E-state index is 12.1. The lowest BCUT2D eigenvalue weighted by atomic mass is 10.2. The van der Waals surface area contributed by atoms with Crippen molar-refractivity contribution in [1.82, 2.24) is 14.7 Å². The molecule has 5 nitrogen and oxygen atoms in total. The van der Waals surface area contributed by atoms with Crippen molar-refractivity contribution in [3.63, 3.8) is 0 Å². The first-order valence-electron chi connectivity index (χ1n) is 7.16. The number of aromatic nitrogens is 2. The van der Waals surface area contributed by atoms with Crippen LogP contribution in [-0.4, -0.2) is 51.8 Å². The van der Waals surface area contributed by atoms with Gasteiger partial charge >= 0.3 is 0 Å². The van der Waals surface area contributed by atoms with E-state index < -0.39 is 0 Å². The molecule has 112 valence electrons. The molecule has 0 aliphatic carbocycles. The molecule has 0 N–H and O–H groups in total. The monoisotopic (exact) mass is 305 g/mol. The zero-order valence-electron chi connectivity index (χ0n) is 12.1. The SMILES string of the molecule is Cn1nc(OCCC(=O)N2CCSCC2)c2ccccc21. The third-order valence-electron chi connectivity index (χ3n) is 3.64. The minimum absolute atomic E-state index is 0.176. The quantitative estimate of drug-likeness (QED) is 0.866. The van der Waals surface area contributed by atoms with Crippen LogP contribution in [0.3, 0.4) is 0 Å². The van der Waals surface area contributed by atoms with Crippen molar-refractivity contribution < 1.29 is 9.53 Å². The Balaban J connectivity index is 1.58. The second kappa shape index (κ2) is 6.39. The first-order chi connectivity index (χ1) is 10.3. The average Bonchev–Trinajstić information content (AvgIpc) is 2.85. The molecule has 2 heterocycles. The molecular weight excluding hydrogens is 286 g/mol. The van der Waals surface area contributed by atoms with Gasteiger partial charge in [0.25, 0.3) is 0 Å². The smallest absolute Gasteiger partial charge is 0.240 e. The molecule has 1 aliphatic heterocycles. The first kappa shape index (κ1) is 14.3. The number of hydrogen-bond acceptors (Lipinski definition) is 4. The third kappa shape index (κ3) is 3.15. The van der Waals surface area contributed by atoms with E-state index in [0.29, 0.717) is 18.9 Å². The molecule has 1 aromatic carbocycles. The highest BCUT2D eigenvalue weighted by atomic mass is 32.2. The van der Waals surface area contributed by atoms with Gasteiger partial charge in [-0.3, -0.25) is 9.48 Å². The van der Waals surface area contributed by atoms with Gasteiger partial charge in [-0.15, -0.1) is 5.10 Å². The van der Waals surface area contributed by atoms with Crippen LogP contribution in [0.25, 0.3) is 10.9 Å². The highest BCUT2D eigenvalue weighted by molar-refractivity contribution is 7.99. The number of benzene rings is 1. The molecule has 2 aromatic rings. The molecular formula is C15H19N3O2S. The lowest BCUT2D eigenvalue weighted by molar-refractivity contribution is -0.131. The number of ether oxygens (including phenoxy) is 1. The third-order valence-corrected chi connectivity index (χ3v) is 4.58. The van der Waals surface area contributed by atoms with Gasteiger partial charge in [0.2, 0.25) is 11.8 Å². The Morgan fingerprint density at radius 2 is 2.10 bits per heavy atom. The Morgan fingerprint density at radius 3 is 2.90 bits per heavy atom. The summed E-state index contributed by atoms with van der Waals surface area (Å²) in [5, 5.41) is 5.35. The van der Waals surface area contributed by atoms with Crippen molar-refractivity contribution in [2.45, 2.75) is 6.42 Å². The van der Waals surface area contributed by atoms with Gasteiger partial charge in [0.05, 0.1) is 23.9 Å². The van der Waals surface area contributed by atoms with Crippen molar-refractivity contribution in [3.8, 4) is 5.88 Å². The van der Waals surface area contributed by atoms with Crippen LogP contribution in [0.2, 0.25) is 0 Å². The number of aryl methyl sites for hydroxylation is 1.